The fourth-order valence-electron chi connectivity index (χ4n) is 6.13. The summed E-state index contributed by atoms with van der Waals surface area (Å²) >= 11 is 1.44. The van der Waals surface area contributed by atoms with Gasteiger partial charge in [-0.25, -0.2) is 4.39 Å². The van der Waals surface area contributed by atoms with Crippen molar-refractivity contribution in [3.8, 4) is 11.4 Å². The molecule has 3 N–H and O–H groups in total. The van der Waals surface area contributed by atoms with Crippen molar-refractivity contribution in [2.24, 2.45) is 0 Å². The minimum Gasteiger partial charge on any atom is -0.497 e. The average molecular weight is 628 g/mol. The zero-order chi connectivity index (χ0) is 30.9. The molecule has 1 saturated heterocycles. The Labute approximate surface area is 263 Å². The molecule has 0 bridgehead atoms. The predicted molar refractivity (Wildman–Crippen MR) is 175 cm³/mol. The third kappa shape index (κ3) is 5.67. The fraction of sp³-hybridized carbons (Fsp3) is 0.294. The molecule has 0 saturated carbocycles. The molecule has 2 aliphatic rings. The summed E-state index contributed by atoms with van der Waals surface area (Å²) in [6.45, 7) is 5.09. The van der Waals surface area contributed by atoms with Gasteiger partial charge in [-0.15, -0.1) is 0 Å². The molecular weight excluding hydrogens is 593 g/mol. The quantitative estimate of drug-likeness (QED) is 0.180. The Morgan fingerprint density at radius 1 is 1.11 bits per heavy atom. The highest BCUT2D eigenvalue weighted by atomic mass is 32.2. The van der Waals surface area contributed by atoms with Crippen LogP contribution < -0.4 is 20.8 Å². The number of anilines is 1. The number of methoxy groups -OCH3 is 1. The Morgan fingerprint density at radius 2 is 1.96 bits per heavy atom. The molecule has 1 fully saturated rings. The zero-order valence-electron chi connectivity index (χ0n) is 25.0. The van der Waals surface area contributed by atoms with E-state index in [1.54, 1.807) is 13.3 Å². The maximum absolute atomic E-state index is 15.8. The SMILES string of the molecule is COc1ccc2[nH]cc(CCNC(=O)c3cn4c5c(c(NCCCN6CCOCC6)c(F)cc5c3=O)Sc3ccccc3-4)c2c1. The van der Waals surface area contributed by atoms with Crippen molar-refractivity contribution in [2.45, 2.75) is 22.6 Å². The van der Waals surface area contributed by atoms with Gasteiger partial charge in [0.15, 0.2) is 0 Å². The number of hydrogen-bond acceptors (Lipinski definition) is 7. The summed E-state index contributed by atoms with van der Waals surface area (Å²) in [4.78, 5) is 34.4. The van der Waals surface area contributed by atoms with Crippen molar-refractivity contribution in [1.82, 2.24) is 19.8 Å². The number of nitrogens with one attached hydrogen (secondary N) is 3. The van der Waals surface area contributed by atoms with E-state index in [2.05, 4.69) is 20.5 Å². The normalized spacial score (nSPS) is 14.4. The molecular formula is C34H34FN5O4S. The highest BCUT2D eigenvalue weighted by Gasteiger charge is 2.27. The van der Waals surface area contributed by atoms with Gasteiger partial charge in [0.1, 0.15) is 17.1 Å². The van der Waals surface area contributed by atoms with Gasteiger partial charge in [-0.2, -0.15) is 0 Å². The number of aromatic nitrogens is 2. The summed E-state index contributed by atoms with van der Waals surface area (Å²) in [6, 6.07) is 14.8. The zero-order valence-corrected chi connectivity index (χ0v) is 25.8. The summed E-state index contributed by atoms with van der Waals surface area (Å²) in [5.74, 6) is -0.250. The monoisotopic (exact) mass is 627 g/mol. The molecule has 7 rings (SSSR count). The van der Waals surface area contributed by atoms with E-state index in [4.69, 9.17) is 9.47 Å². The lowest BCUT2D eigenvalue weighted by atomic mass is 10.1. The molecule has 4 heterocycles. The van der Waals surface area contributed by atoms with E-state index >= 15 is 4.39 Å². The Balaban J connectivity index is 1.16. The highest BCUT2D eigenvalue weighted by molar-refractivity contribution is 8.00. The van der Waals surface area contributed by atoms with Crippen molar-refractivity contribution in [3.05, 3.63) is 88.1 Å². The number of hydrogen-bond donors (Lipinski definition) is 3. The summed E-state index contributed by atoms with van der Waals surface area (Å²) in [6.07, 6.45) is 4.91. The van der Waals surface area contributed by atoms with Crippen molar-refractivity contribution < 1.29 is 18.7 Å². The van der Waals surface area contributed by atoms with Crippen LogP contribution in [0.1, 0.15) is 22.3 Å². The molecule has 0 aliphatic carbocycles. The van der Waals surface area contributed by atoms with Gasteiger partial charge in [0.2, 0.25) is 5.43 Å². The van der Waals surface area contributed by atoms with Gasteiger partial charge in [-0.3, -0.25) is 14.5 Å². The molecule has 45 heavy (non-hydrogen) atoms. The van der Waals surface area contributed by atoms with E-state index in [1.807, 2.05) is 53.2 Å². The van der Waals surface area contributed by atoms with Crippen LogP contribution in [0.3, 0.4) is 0 Å². The number of nitrogens with zero attached hydrogens (tertiary/aromatic N) is 2. The summed E-state index contributed by atoms with van der Waals surface area (Å²) in [5, 5.41) is 7.42. The molecule has 232 valence electrons. The van der Waals surface area contributed by atoms with E-state index in [9.17, 15) is 9.59 Å². The molecule has 1 amide bonds. The number of amides is 1. The number of carbonyl (C=O) groups is 1. The molecule has 11 heteroatoms. The molecule has 0 atom stereocenters. The van der Waals surface area contributed by atoms with E-state index in [1.165, 1.54) is 17.8 Å². The van der Waals surface area contributed by atoms with Crippen molar-refractivity contribution >= 4 is 45.2 Å². The first-order valence-corrected chi connectivity index (χ1v) is 16.0. The number of H-pyrrole nitrogens is 1. The Kier molecular flexibility index (Phi) is 8.22. The van der Waals surface area contributed by atoms with Gasteiger partial charge < -0.3 is 29.7 Å². The van der Waals surface area contributed by atoms with Crippen LogP contribution >= 0.6 is 11.8 Å². The molecule has 0 spiro atoms. The lowest BCUT2D eigenvalue weighted by Crippen LogP contribution is -2.37. The van der Waals surface area contributed by atoms with Crippen LogP contribution in [0.2, 0.25) is 0 Å². The van der Waals surface area contributed by atoms with Crippen molar-refractivity contribution in [1.29, 1.82) is 0 Å². The Morgan fingerprint density at radius 3 is 2.80 bits per heavy atom. The van der Waals surface area contributed by atoms with Crippen LogP contribution in [0.25, 0.3) is 27.5 Å². The maximum atomic E-state index is 15.8. The first-order chi connectivity index (χ1) is 22.0. The summed E-state index contributed by atoms with van der Waals surface area (Å²) < 4.78 is 28.4. The van der Waals surface area contributed by atoms with Gasteiger partial charge in [0.05, 0.1) is 47.5 Å². The number of morpholine rings is 1. The largest absolute Gasteiger partial charge is 0.497 e. The number of pyridine rings is 1. The summed E-state index contributed by atoms with van der Waals surface area (Å²) in [7, 11) is 1.63. The second-order valence-electron chi connectivity index (χ2n) is 11.2. The second kappa shape index (κ2) is 12.6. The molecule has 2 aromatic heterocycles. The number of carbonyl (C=O) groups excluding carboxylic acids is 1. The van der Waals surface area contributed by atoms with Crippen molar-refractivity contribution in [3.63, 3.8) is 0 Å². The third-order valence-corrected chi connectivity index (χ3v) is 9.65. The lowest BCUT2D eigenvalue weighted by Gasteiger charge is -2.27. The molecule has 9 nitrogen and oxygen atoms in total. The maximum Gasteiger partial charge on any atom is 0.256 e. The second-order valence-corrected chi connectivity index (χ2v) is 12.3. The topological polar surface area (TPSA) is 101 Å². The minimum absolute atomic E-state index is 0.0265. The van der Waals surface area contributed by atoms with Gasteiger partial charge in [-0.1, -0.05) is 23.9 Å². The van der Waals surface area contributed by atoms with Crippen LogP contribution in [0.4, 0.5) is 10.1 Å². The number of halogens is 1. The molecule has 2 aliphatic heterocycles. The number of rotatable bonds is 10. The number of para-hydroxylation sites is 1. The molecule has 0 radical (unpaired) electrons. The predicted octanol–water partition coefficient (Wildman–Crippen LogP) is 5.19. The van der Waals surface area contributed by atoms with E-state index in [-0.39, 0.29) is 10.9 Å². The Hall–Kier alpha value is -4.32. The first-order valence-electron chi connectivity index (χ1n) is 15.2. The fourth-order valence-corrected chi connectivity index (χ4v) is 7.35. The van der Waals surface area contributed by atoms with E-state index in [0.717, 1.165) is 72.1 Å². The molecule has 3 aromatic carbocycles. The Bertz CT molecular complexity index is 1970. The smallest absolute Gasteiger partial charge is 0.256 e. The van der Waals surface area contributed by atoms with Gasteiger partial charge >= 0.3 is 0 Å². The standard InChI is InChI=1S/C34H34FN5O4S/c1-43-22-7-8-27-23(17-22)21(19-38-27)9-11-37-34(42)25-20-40-28-5-2-3-6-29(28)45-33-30(26(35)18-24(31(33)40)32(25)41)36-10-4-12-39-13-15-44-16-14-39/h2-3,5-8,17-20,36,38H,4,9-16H2,1H3,(H,37,42). The van der Waals surface area contributed by atoms with Crippen LogP contribution in [-0.4, -0.2) is 73.4 Å². The number of ether oxygens (including phenoxy) is 2. The summed E-state index contributed by atoms with van der Waals surface area (Å²) in [5.41, 5.74) is 3.30. The van der Waals surface area contributed by atoms with E-state index < -0.39 is 17.2 Å². The third-order valence-electron chi connectivity index (χ3n) is 8.49. The number of fused-ring (bicyclic) bond motifs is 3. The van der Waals surface area contributed by atoms with E-state index in [0.29, 0.717) is 35.6 Å². The molecule has 0 unspecified atom stereocenters. The van der Waals surface area contributed by atoms with Gasteiger partial charge in [-0.05, 0) is 61.3 Å². The molecule has 5 aromatic rings. The lowest BCUT2D eigenvalue weighted by molar-refractivity contribution is 0.0378. The number of aromatic amines is 1. The van der Waals surface area contributed by atoms with Crippen molar-refractivity contribution in [2.75, 3.05) is 58.4 Å². The first kappa shape index (κ1) is 29.4. The van der Waals surface area contributed by atoms with Gasteiger partial charge in [0.25, 0.3) is 5.91 Å². The highest BCUT2D eigenvalue weighted by Crippen LogP contribution is 2.46. The number of benzene rings is 3. The van der Waals surface area contributed by atoms with Crippen LogP contribution in [0.5, 0.6) is 5.75 Å². The minimum atomic E-state index is -0.508. The van der Waals surface area contributed by atoms with Crippen LogP contribution in [0.15, 0.2) is 75.5 Å². The van der Waals surface area contributed by atoms with Crippen LogP contribution in [0, 0.1) is 5.82 Å². The average Bonchev–Trinajstić information content (AvgIpc) is 3.47. The van der Waals surface area contributed by atoms with Crippen LogP contribution in [-0.2, 0) is 11.2 Å². The van der Waals surface area contributed by atoms with Gasteiger partial charge in [0, 0.05) is 54.4 Å².